The molecule has 4 nitrogen and oxygen atoms in total. The minimum Gasteiger partial charge on any atom is -0.478 e. The van der Waals surface area contributed by atoms with E-state index in [0.717, 1.165) is 31.8 Å². The molecule has 2 unspecified atom stereocenters. The zero-order valence-corrected chi connectivity index (χ0v) is 9.02. The molecule has 1 rings (SSSR count). The number of ether oxygens (including phenoxy) is 2. The van der Waals surface area contributed by atoms with Gasteiger partial charge in [-0.2, -0.15) is 0 Å². The average molecular weight is 214 g/mol. The van der Waals surface area contributed by atoms with Crippen LogP contribution in [0.2, 0.25) is 0 Å². The van der Waals surface area contributed by atoms with E-state index in [1.165, 1.54) is 6.08 Å². The first-order valence-electron chi connectivity index (χ1n) is 5.26. The Morgan fingerprint density at radius 1 is 1.47 bits per heavy atom. The number of rotatable bonds is 5. The standard InChI is InChI=1S/C11H18O4/c1-14-9-4-2-5-10(8-9)15-7-3-6-11(12)13/h3,6,9-10H,2,4-5,7-8H2,1H3,(H,12,13)/b6-3+. The summed E-state index contributed by atoms with van der Waals surface area (Å²) in [7, 11) is 1.72. The Morgan fingerprint density at radius 2 is 2.20 bits per heavy atom. The van der Waals surface area contributed by atoms with Gasteiger partial charge in [0.25, 0.3) is 0 Å². The third-order valence-corrected chi connectivity index (χ3v) is 2.60. The third kappa shape index (κ3) is 4.95. The number of hydrogen-bond acceptors (Lipinski definition) is 3. The fourth-order valence-corrected chi connectivity index (χ4v) is 1.81. The predicted molar refractivity (Wildman–Crippen MR) is 55.8 cm³/mol. The first-order valence-corrected chi connectivity index (χ1v) is 5.26. The van der Waals surface area contributed by atoms with E-state index in [9.17, 15) is 4.79 Å². The van der Waals surface area contributed by atoms with Crippen LogP contribution in [-0.4, -0.2) is 37.0 Å². The third-order valence-electron chi connectivity index (χ3n) is 2.60. The van der Waals surface area contributed by atoms with Crippen molar-refractivity contribution >= 4 is 5.97 Å². The Balaban J connectivity index is 2.18. The predicted octanol–water partition coefficient (Wildman–Crippen LogP) is 1.60. The summed E-state index contributed by atoms with van der Waals surface area (Å²) in [6.45, 7) is 0.368. The van der Waals surface area contributed by atoms with Crippen LogP contribution >= 0.6 is 0 Å². The molecule has 0 aliphatic heterocycles. The minimum absolute atomic E-state index is 0.210. The topological polar surface area (TPSA) is 55.8 Å². The minimum atomic E-state index is -0.933. The highest BCUT2D eigenvalue weighted by Crippen LogP contribution is 2.22. The molecule has 86 valence electrons. The monoisotopic (exact) mass is 214 g/mol. The van der Waals surface area contributed by atoms with Gasteiger partial charge in [0.2, 0.25) is 0 Å². The van der Waals surface area contributed by atoms with E-state index in [2.05, 4.69) is 0 Å². The van der Waals surface area contributed by atoms with Gasteiger partial charge >= 0.3 is 5.97 Å². The summed E-state index contributed by atoms with van der Waals surface area (Å²) >= 11 is 0. The summed E-state index contributed by atoms with van der Waals surface area (Å²) in [5, 5.41) is 8.37. The second-order valence-corrected chi connectivity index (χ2v) is 3.72. The van der Waals surface area contributed by atoms with E-state index in [1.54, 1.807) is 7.11 Å². The molecule has 1 saturated carbocycles. The largest absolute Gasteiger partial charge is 0.478 e. The van der Waals surface area contributed by atoms with Crippen LogP contribution in [-0.2, 0) is 14.3 Å². The molecule has 0 radical (unpaired) electrons. The van der Waals surface area contributed by atoms with Crippen molar-refractivity contribution in [3.8, 4) is 0 Å². The molecule has 4 heteroatoms. The van der Waals surface area contributed by atoms with E-state index in [-0.39, 0.29) is 6.10 Å². The van der Waals surface area contributed by atoms with Crippen molar-refractivity contribution in [1.29, 1.82) is 0 Å². The molecule has 1 aliphatic rings. The second kappa shape index (κ2) is 6.58. The van der Waals surface area contributed by atoms with Crippen molar-refractivity contribution in [3.63, 3.8) is 0 Å². The number of carbonyl (C=O) groups is 1. The maximum Gasteiger partial charge on any atom is 0.328 e. The Bertz CT molecular complexity index is 225. The number of carboxylic acids is 1. The maximum absolute atomic E-state index is 10.2. The lowest BCUT2D eigenvalue weighted by Gasteiger charge is -2.27. The molecule has 0 aromatic carbocycles. The molecule has 0 aromatic heterocycles. The van der Waals surface area contributed by atoms with Gasteiger partial charge in [0.05, 0.1) is 18.8 Å². The Hall–Kier alpha value is -0.870. The number of methoxy groups -OCH3 is 1. The number of aliphatic carboxylic acids is 1. The molecule has 0 aromatic rings. The van der Waals surface area contributed by atoms with Gasteiger partial charge in [0.15, 0.2) is 0 Å². The summed E-state index contributed by atoms with van der Waals surface area (Å²) in [5.41, 5.74) is 0. The number of carboxylic acid groups (broad SMARTS) is 1. The Kier molecular flexibility index (Phi) is 5.36. The van der Waals surface area contributed by atoms with E-state index < -0.39 is 5.97 Å². The molecular formula is C11H18O4. The van der Waals surface area contributed by atoms with Crippen LogP contribution in [0.4, 0.5) is 0 Å². The molecule has 2 atom stereocenters. The van der Waals surface area contributed by atoms with Crippen LogP contribution in [0.15, 0.2) is 12.2 Å². The van der Waals surface area contributed by atoms with E-state index in [0.29, 0.717) is 12.7 Å². The summed E-state index contributed by atoms with van der Waals surface area (Å²) in [4.78, 5) is 10.2. The van der Waals surface area contributed by atoms with Crippen molar-refractivity contribution in [2.45, 2.75) is 37.9 Å². The van der Waals surface area contributed by atoms with Crippen LogP contribution in [0.5, 0.6) is 0 Å². The molecule has 0 bridgehead atoms. The van der Waals surface area contributed by atoms with Gasteiger partial charge in [0.1, 0.15) is 0 Å². The number of hydrogen-bond donors (Lipinski definition) is 1. The van der Waals surface area contributed by atoms with Crippen LogP contribution < -0.4 is 0 Å². The normalized spacial score (nSPS) is 27.0. The van der Waals surface area contributed by atoms with Crippen molar-refractivity contribution in [2.75, 3.05) is 13.7 Å². The van der Waals surface area contributed by atoms with E-state index in [4.69, 9.17) is 14.6 Å². The van der Waals surface area contributed by atoms with Crippen molar-refractivity contribution in [3.05, 3.63) is 12.2 Å². The Morgan fingerprint density at radius 3 is 2.87 bits per heavy atom. The van der Waals surface area contributed by atoms with Crippen LogP contribution in [0.1, 0.15) is 25.7 Å². The molecule has 0 spiro atoms. The molecule has 1 fully saturated rings. The second-order valence-electron chi connectivity index (χ2n) is 3.72. The van der Waals surface area contributed by atoms with Gasteiger partial charge in [0, 0.05) is 13.2 Å². The molecule has 1 aliphatic carbocycles. The summed E-state index contributed by atoms with van der Waals surface area (Å²) in [6.07, 6.45) is 7.31. The lowest BCUT2D eigenvalue weighted by molar-refractivity contribution is -0.131. The SMILES string of the molecule is COC1CCCC(OC/C=C/C(=O)O)C1. The lowest BCUT2D eigenvalue weighted by atomic mass is 9.95. The molecule has 1 N–H and O–H groups in total. The zero-order valence-electron chi connectivity index (χ0n) is 9.02. The molecule has 0 amide bonds. The maximum atomic E-state index is 10.2. The summed E-state index contributed by atoms with van der Waals surface area (Å²) in [5.74, 6) is -0.933. The zero-order chi connectivity index (χ0) is 11.1. The van der Waals surface area contributed by atoms with Crippen molar-refractivity contribution < 1.29 is 19.4 Å². The molecule has 0 heterocycles. The van der Waals surface area contributed by atoms with E-state index >= 15 is 0 Å². The summed E-state index contributed by atoms with van der Waals surface area (Å²) in [6, 6.07) is 0. The van der Waals surface area contributed by atoms with Gasteiger partial charge in [-0.15, -0.1) is 0 Å². The van der Waals surface area contributed by atoms with Crippen LogP contribution in [0.3, 0.4) is 0 Å². The first-order chi connectivity index (χ1) is 7.22. The molecular weight excluding hydrogens is 196 g/mol. The average Bonchev–Trinajstić information content (AvgIpc) is 2.24. The Labute approximate surface area is 89.9 Å². The van der Waals surface area contributed by atoms with Crippen molar-refractivity contribution in [2.24, 2.45) is 0 Å². The van der Waals surface area contributed by atoms with E-state index in [1.807, 2.05) is 0 Å². The highest BCUT2D eigenvalue weighted by atomic mass is 16.5. The molecule has 0 saturated heterocycles. The van der Waals surface area contributed by atoms with Gasteiger partial charge in [-0.25, -0.2) is 4.79 Å². The summed E-state index contributed by atoms with van der Waals surface area (Å²) < 4.78 is 10.8. The smallest absolute Gasteiger partial charge is 0.328 e. The fraction of sp³-hybridized carbons (Fsp3) is 0.727. The van der Waals surface area contributed by atoms with Gasteiger partial charge < -0.3 is 14.6 Å². The highest BCUT2D eigenvalue weighted by molar-refractivity contribution is 5.79. The fourth-order valence-electron chi connectivity index (χ4n) is 1.81. The van der Waals surface area contributed by atoms with Gasteiger partial charge in [-0.05, 0) is 25.7 Å². The van der Waals surface area contributed by atoms with Crippen LogP contribution in [0, 0.1) is 0 Å². The van der Waals surface area contributed by atoms with Crippen LogP contribution in [0.25, 0.3) is 0 Å². The molecule has 15 heavy (non-hydrogen) atoms. The van der Waals surface area contributed by atoms with Gasteiger partial charge in [-0.1, -0.05) is 6.08 Å². The van der Waals surface area contributed by atoms with Crippen molar-refractivity contribution in [1.82, 2.24) is 0 Å². The highest BCUT2D eigenvalue weighted by Gasteiger charge is 2.21. The lowest BCUT2D eigenvalue weighted by Crippen LogP contribution is -2.27. The first kappa shape index (κ1) is 12.2. The van der Waals surface area contributed by atoms with Gasteiger partial charge in [-0.3, -0.25) is 0 Å². The quantitative estimate of drug-likeness (QED) is 0.706.